The molecule has 2 N–H and O–H groups in total. The molecule has 0 aliphatic heterocycles. The van der Waals surface area contributed by atoms with Gasteiger partial charge < -0.3 is 19.9 Å². The Morgan fingerprint density at radius 1 is 1.08 bits per heavy atom. The van der Waals surface area contributed by atoms with Crippen LogP contribution >= 0.6 is 0 Å². The number of carboxylic acid groups (broad SMARTS) is 1. The lowest BCUT2D eigenvalue weighted by molar-refractivity contribution is -0.147. The largest absolute Gasteiger partial charge is 0.493 e. The summed E-state index contributed by atoms with van der Waals surface area (Å²) in [7, 11) is 3.23. The maximum absolute atomic E-state index is 11.6. The molecule has 0 amide bonds. The molecule has 0 saturated heterocycles. The van der Waals surface area contributed by atoms with Crippen molar-refractivity contribution in [1.29, 1.82) is 0 Å². The van der Waals surface area contributed by atoms with Gasteiger partial charge in [-0.05, 0) is 48.2 Å². The van der Waals surface area contributed by atoms with Gasteiger partial charge in [0, 0.05) is 12.2 Å². The predicted molar refractivity (Wildman–Crippen MR) is 96.5 cm³/mol. The number of hydrogen-bond donors (Lipinski definition) is 2. The number of methoxy groups -OCH3 is 2. The monoisotopic (exact) mass is 341 g/mol. The molecule has 1 aliphatic rings. The van der Waals surface area contributed by atoms with Crippen molar-refractivity contribution in [3.63, 3.8) is 0 Å². The average molecular weight is 341 g/mol. The zero-order chi connectivity index (χ0) is 17.9. The fourth-order valence-corrected chi connectivity index (χ4v) is 3.26. The van der Waals surface area contributed by atoms with E-state index >= 15 is 0 Å². The number of aliphatic carboxylic acids is 1. The number of rotatable bonds is 7. The highest BCUT2D eigenvalue weighted by molar-refractivity contribution is 5.82. The fourth-order valence-electron chi connectivity index (χ4n) is 3.26. The van der Waals surface area contributed by atoms with E-state index in [1.165, 1.54) is 0 Å². The van der Waals surface area contributed by atoms with Crippen LogP contribution in [0.5, 0.6) is 11.5 Å². The van der Waals surface area contributed by atoms with Crippen LogP contribution in [0.1, 0.15) is 30.4 Å². The van der Waals surface area contributed by atoms with Gasteiger partial charge in [0.1, 0.15) is 0 Å². The van der Waals surface area contributed by atoms with Crippen LogP contribution in [-0.2, 0) is 16.8 Å². The summed E-state index contributed by atoms with van der Waals surface area (Å²) in [5.74, 6) is 0.686. The summed E-state index contributed by atoms with van der Waals surface area (Å²) in [5, 5.41) is 12.9. The van der Waals surface area contributed by atoms with Gasteiger partial charge in [-0.15, -0.1) is 0 Å². The molecular weight excluding hydrogens is 318 g/mol. The van der Waals surface area contributed by atoms with Gasteiger partial charge in [0.15, 0.2) is 11.5 Å². The molecule has 0 unspecified atom stereocenters. The summed E-state index contributed by atoms with van der Waals surface area (Å²) < 4.78 is 10.6. The average Bonchev–Trinajstić information content (AvgIpc) is 2.59. The van der Waals surface area contributed by atoms with Crippen LogP contribution in [0.4, 0.5) is 5.69 Å². The quantitative estimate of drug-likeness (QED) is 0.801. The summed E-state index contributed by atoms with van der Waals surface area (Å²) in [6.07, 6.45) is 2.42. The van der Waals surface area contributed by atoms with Crippen LogP contribution in [0.15, 0.2) is 42.5 Å². The SMILES string of the molecule is COc1ccc(CNc2ccc(C3(C(=O)O)CCC3)cc2)cc1OC. The number of benzene rings is 2. The molecule has 5 nitrogen and oxygen atoms in total. The number of carbonyl (C=O) groups is 1. The molecule has 1 fully saturated rings. The van der Waals surface area contributed by atoms with Crippen LogP contribution < -0.4 is 14.8 Å². The number of anilines is 1. The van der Waals surface area contributed by atoms with Crippen LogP contribution in [0.25, 0.3) is 0 Å². The highest BCUT2D eigenvalue weighted by atomic mass is 16.5. The molecule has 3 rings (SSSR count). The van der Waals surface area contributed by atoms with Gasteiger partial charge in [-0.1, -0.05) is 24.6 Å². The Kier molecular flexibility index (Phi) is 4.83. The minimum Gasteiger partial charge on any atom is -0.493 e. The molecule has 1 saturated carbocycles. The van der Waals surface area contributed by atoms with Crippen LogP contribution in [0.3, 0.4) is 0 Å². The van der Waals surface area contributed by atoms with E-state index in [1.807, 2.05) is 42.5 Å². The third kappa shape index (κ3) is 3.27. The molecule has 25 heavy (non-hydrogen) atoms. The third-order valence-corrected chi connectivity index (χ3v) is 5.00. The van der Waals surface area contributed by atoms with E-state index in [-0.39, 0.29) is 0 Å². The van der Waals surface area contributed by atoms with E-state index in [0.717, 1.165) is 36.1 Å². The fraction of sp³-hybridized carbons (Fsp3) is 0.350. The van der Waals surface area contributed by atoms with Crippen molar-refractivity contribution in [2.45, 2.75) is 31.2 Å². The minimum absolute atomic E-state index is 0.643. The smallest absolute Gasteiger partial charge is 0.314 e. The summed E-state index contributed by atoms with van der Waals surface area (Å²) in [5.41, 5.74) is 2.24. The lowest BCUT2D eigenvalue weighted by atomic mass is 9.64. The number of ether oxygens (including phenoxy) is 2. The molecule has 0 heterocycles. The lowest BCUT2D eigenvalue weighted by Gasteiger charge is -2.38. The summed E-state index contributed by atoms with van der Waals surface area (Å²) in [4.78, 5) is 11.6. The summed E-state index contributed by atoms with van der Waals surface area (Å²) in [6.45, 7) is 0.643. The predicted octanol–water partition coefficient (Wildman–Crippen LogP) is 3.82. The van der Waals surface area contributed by atoms with E-state index in [2.05, 4.69) is 5.32 Å². The highest BCUT2D eigenvalue weighted by Gasteiger charge is 2.45. The standard InChI is InChI=1S/C20H23NO4/c1-24-17-9-4-14(12-18(17)25-2)13-21-16-7-5-15(6-8-16)20(19(22)23)10-3-11-20/h4-9,12,21H,3,10-11,13H2,1-2H3,(H,22,23). The van der Waals surface area contributed by atoms with Crippen molar-refractivity contribution in [3.05, 3.63) is 53.6 Å². The molecule has 132 valence electrons. The Balaban J connectivity index is 1.67. The Morgan fingerprint density at radius 2 is 1.76 bits per heavy atom. The van der Waals surface area contributed by atoms with Gasteiger partial charge in [-0.3, -0.25) is 4.79 Å². The number of nitrogens with one attached hydrogen (secondary N) is 1. The molecule has 0 aromatic heterocycles. The maximum atomic E-state index is 11.6. The molecule has 0 spiro atoms. The van der Waals surface area contributed by atoms with Crippen LogP contribution in [0, 0.1) is 0 Å². The first-order valence-electron chi connectivity index (χ1n) is 8.38. The normalized spacial score (nSPS) is 15.1. The van der Waals surface area contributed by atoms with E-state index in [9.17, 15) is 9.90 Å². The number of hydrogen-bond acceptors (Lipinski definition) is 4. The first-order chi connectivity index (χ1) is 12.1. The Morgan fingerprint density at radius 3 is 2.28 bits per heavy atom. The van der Waals surface area contributed by atoms with Crippen molar-refractivity contribution in [2.24, 2.45) is 0 Å². The molecule has 5 heteroatoms. The molecule has 0 atom stereocenters. The molecule has 2 aromatic carbocycles. The first-order valence-corrected chi connectivity index (χ1v) is 8.38. The van der Waals surface area contributed by atoms with Gasteiger partial charge >= 0.3 is 5.97 Å². The van der Waals surface area contributed by atoms with Gasteiger partial charge in [0.25, 0.3) is 0 Å². The zero-order valence-electron chi connectivity index (χ0n) is 14.5. The second-order valence-electron chi connectivity index (χ2n) is 6.36. The van der Waals surface area contributed by atoms with E-state index in [4.69, 9.17) is 9.47 Å². The van der Waals surface area contributed by atoms with Gasteiger partial charge in [0.05, 0.1) is 19.6 Å². The molecule has 1 aliphatic carbocycles. The summed E-state index contributed by atoms with van der Waals surface area (Å²) >= 11 is 0. The Labute approximate surface area is 147 Å². The van der Waals surface area contributed by atoms with Crippen molar-refractivity contribution < 1.29 is 19.4 Å². The van der Waals surface area contributed by atoms with Gasteiger partial charge in [0.2, 0.25) is 0 Å². The van der Waals surface area contributed by atoms with Crippen LogP contribution in [0.2, 0.25) is 0 Å². The first kappa shape index (κ1) is 17.1. The minimum atomic E-state index is -0.718. The highest BCUT2D eigenvalue weighted by Crippen LogP contribution is 2.44. The van der Waals surface area contributed by atoms with E-state index in [1.54, 1.807) is 14.2 Å². The number of carboxylic acids is 1. The lowest BCUT2D eigenvalue weighted by Crippen LogP contribution is -2.42. The molecule has 0 radical (unpaired) electrons. The molecule has 0 bridgehead atoms. The van der Waals surface area contributed by atoms with Gasteiger partial charge in [-0.2, -0.15) is 0 Å². The molecular formula is C20H23NO4. The van der Waals surface area contributed by atoms with E-state index < -0.39 is 11.4 Å². The van der Waals surface area contributed by atoms with Crippen molar-refractivity contribution in [1.82, 2.24) is 0 Å². The third-order valence-electron chi connectivity index (χ3n) is 5.00. The topological polar surface area (TPSA) is 67.8 Å². The van der Waals surface area contributed by atoms with Gasteiger partial charge in [-0.25, -0.2) is 0 Å². The van der Waals surface area contributed by atoms with Crippen molar-refractivity contribution >= 4 is 11.7 Å². The summed E-state index contributed by atoms with van der Waals surface area (Å²) in [6, 6.07) is 13.5. The zero-order valence-corrected chi connectivity index (χ0v) is 14.5. The second kappa shape index (κ2) is 7.05. The van der Waals surface area contributed by atoms with Crippen molar-refractivity contribution in [2.75, 3.05) is 19.5 Å². The van der Waals surface area contributed by atoms with E-state index in [0.29, 0.717) is 18.0 Å². The Hall–Kier alpha value is -2.69. The Bertz CT molecular complexity index is 751. The maximum Gasteiger partial charge on any atom is 0.314 e. The van der Waals surface area contributed by atoms with Crippen molar-refractivity contribution in [3.8, 4) is 11.5 Å². The molecule has 2 aromatic rings. The second-order valence-corrected chi connectivity index (χ2v) is 6.36. The van der Waals surface area contributed by atoms with Crippen LogP contribution in [-0.4, -0.2) is 25.3 Å².